The van der Waals surface area contributed by atoms with E-state index in [2.05, 4.69) is 10.1 Å². The van der Waals surface area contributed by atoms with Crippen molar-refractivity contribution < 1.29 is 9.32 Å². The maximum absolute atomic E-state index is 12.4. The van der Waals surface area contributed by atoms with Crippen molar-refractivity contribution in [3.63, 3.8) is 0 Å². The summed E-state index contributed by atoms with van der Waals surface area (Å²) in [6, 6.07) is 14.8. The van der Waals surface area contributed by atoms with Gasteiger partial charge in [0.15, 0.2) is 0 Å². The molecule has 0 saturated carbocycles. The van der Waals surface area contributed by atoms with Crippen molar-refractivity contribution in [2.24, 2.45) is 0 Å². The van der Waals surface area contributed by atoms with Crippen LogP contribution in [-0.4, -0.2) is 28.0 Å². The van der Waals surface area contributed by atoms with Gasteiger partial charge < -0.3 is 9.42 Å². The number of carbonyl (C=O) groups excluding carboxylic acids is 1. The Morgan fingerprint density at radius 2 is 1.77 bits per heavy atom. The third-order valence-electron chi connectivity index (χ3n) is 3.95. The van der Waals surface area contributed by atoms with Crippen molar-refractivity contribution >= 4 is 29.1 Å². The van der Waals surface area contributed by atoms with Gasteiger partial charge in [-0.25, -0.2) is 0 Å². The van der Waals surface area contributed by atoms with E-state index in [0.717, 1.165) is 11.1 Å². The molecule has 1 heterocycles. The number of aromatic nitrogens is 2. The normalized spacial score (nSPS) is 10.7. The molecule has 2 aromatic carbocycles. The van der Waals surface area contributed by atoms with Crippen LogP contribution in [0.2, 0.25) is 10.0 Å². The molecule has 1 amide bonds. The van der Waals surface area contributed by atoms with Crippen LogP contribution in [0.5, 0.6) is 0 Å². The molecule has 0 bridgehead atoms. The van der Waals surface area contributed by atoms with Crippen LogP contribution in [0.3, 0.4) is 0 Å². The molecular weight excluding hydrogens is 373 g/mol. The van der Waals surface area contributed by atoms with Crippen LogP contribution >= 0.6 is 23.2 Å². The zero-order chi connectivity index (χ0) is 18.5. The van der Waals surface area contributed by atoms with Crippen molar-refractivity contribution in [1.29, 1.82) is 0 Å². The fraction of sp³-hybridized carbons (Fsp3) is 0.211. The molecule has 0 N–H and O–H groups in total. The number of carbonyl (C=O) groups is 1. The Labute approximate surface area is 161 Å². The summed E-state index contributed by atoms with van der Waals surface area (Å²) in [5.41, 5.74) is 1.64. The molecule has 134 valence electrons. The summed E-state index contributed by atoms with van der Waals surface area (Å²) in [5.74, 6) is 0.834. The van der Waals surface area contributed by atoms with Crippen molar-refractivity contribution in [2.75, 3.05) is 7.05 Å². The van der Waals surface area contributed by atoms with Crippen molar-refractivity contribution in [3.8, 4) is 11.4 Å². The van der Waals surface area contributed by atoms with E-state index in [1.165, 1.54) is 0 Å². The quantitative estimate of drug-likeness (QED) is 0.616. The number of nitrogens with zero attached hydrogens (tertiary/aromatic N) is 3. The smallest absolute Gasteiger partial charge is 0.246 e. The molecule has 0 aliphatic rings. The minimum absolute atomic E-state index is 0.0551. The molecular formula is C19H17Cl2N3O2. The molecule has 3 rings (SSSR count). The largest absolute Gasteiger partial charge is 0.337 e. The monoisotopic (exact) mass is 389 g/mol. The molecule has 1 aromatic heterocycles. The van der Waals surface area contributed by atoms with E-state index in [-0.39, 0.29) is 12.5 Å². The highest BCUT2D eigenvalue weighted by Gasteiger charge is 2.16. The first-order valence-corrected chi connectivity index (χ1v) is 8.85. The van der Waals surface area contributed by atoms with Crippen LogP contribution in [0.1, 0.15) is 17.9 Å². The van der Waals surface area contributed by atoms with Crippen LogP contribution in [0, 0.1) is 0 Å². The van der Waals surface area contributed by atoms with Gasteiger partial charge in [-0.15, -0.1) is 0 Å². The Morgan fingerprint density at radius 1 is 1.08 bits per heavy atom. The van der Waals surface area contributed by atoms with E-state index >= 15 is 0 Å². The summed E-state index contributed by atoms with van der Waals surface area (Å²) in [6.07, 6.45) is 0.764. The van der Waals surface area contributed by atoms with E-state index in [9.17, 15) is 4.79 Å². The van der Waals surface area contributed by atoms with E-state index < -0.39 is 0 Å². The third-order valence-corrected chi connectivity index (χ3v) is 4.66. The minimum atomic E-state index is -0.0551. The maximum Gasteiger partial charge on any atom is 0.246 e. The Bertz CT molecular complexity index is 877. The van der Waals surface area contributed by atoms with E-state index in [0.29, 0.717) is 34.6 Å². The van der Waals surface area contributed by atoms with Gasteiger partial charge in [0.25, 0.3) is 0 Å². The van der Waals surface area contributed by atoms with Gasteiger partial charge in [-0.05, 0) is 24.1 Å². The number of rotatable bonds is 6. The van der Waals surface area contributed by atoms with Gasteiger partial charge in [0.05, 0.1) is 6.54 Å². The summed E-state index contributed by atoms with van der Waals surface area (Å²) < 4.78 is 5.24. The van der Waals surface area contributed by atoms with Crippen LogP contribution in [-0.2, 0) is 17.8 Å². The minimum Gasteiger partial charge on any atom is -0.337 e. The summed E-state index contributed by atoms with van der Waals surface area (Å²) in [7, 11) is 1.70. The molecule has 0 saturated heterocycles. The lowest BCUT2D eigenvalue weighted by Gasteiger charge is -2.15. The first kappa shape index (κ1) is 18.4. The summed E-state index contributed by atoms with van der Waals surface area (Å²) in [6.45, 7) is 0.245. The molecule has 0 unspecified atom stereocenters. The maximum atomic E-state index is 12.4. The highest BCUT2D eigenvalue weighted by atomic mass is 35.5. The van der Waals surface area contributed by atoms with Gasteiger partial charge in [0.2, 0.25) is 17.6 Å². The topological polar surface area (TPSA) is 59.2 Å². The van der Waals surface area contributed by atoms with Crippen LogP contribution < -0.4 is 0 Å². The average molecular weight is 390 g/mol. The van der Waals surface area contributed by atoms with Gasteiger partial charge in [0.1, 0.15) is 0 Å². The first-order chi connectivity index (χ1) is 12.5. The Hall–Kier alpha value is -2.37. The number of amides is 1. The second-order valence-corrected chi connectivity index (χ2v) is 6.64. The van der Waals surface area contributed by atoms with E-state index in [4.69, 9.17) is 27.7 Å². The number of benzene rings is 2. The third kappa shape index (κ3) is 4.42. The van der Waals surface area contributed by atoms with Crippen LogP contribution in [0.4, 0.5) is 0 Å². The molecule has 7 heteroatoms. The van der Waals surface area contributed by atoms with Gasteiger partial charge in [-0.1, -0.05) is 64.8 Å². The van der Waals surface area contributed by atoms with Crippen LogP contribution in [0.25, 0.3) is 11.4 Å². The molecule has 0 spiro atoms. The SMILES string of the molecule is CN(Cc1nc(-c2ccccc2)no1)C(=O)CCc1c(Cl)cccc1Cl. The lowest BCUT2D eigenvalue weighted by molar-refractivity contribution is -0.130. The zero-order valence-corrected chi connectivity index (χ0v) is 15.7. The summed E-state index contributed by atoms with van der Waals surface area (Å²) in [5, 5.41) is 5.09. The summed E-state index contributed by atoms with van der Waals surface area (Å²) >= 11 is 12.3. The molecule has 0 aliphatic heterocycles. The van der Waals surface area contributed by atoms with Crippen molar-refractivity contribution in [1.82, 2.24) is 15.0 Å². The lowest BCUT2D eigenvalue weighted by Crippen LogP contribution is -2.26. The fourth-order valence-electron chi connectivity index (χ4n) is 2.51. The van der Waals surface area contributed by atoms with Gasteiger partial charge in [0, 0.05) is 29.1 Å². The second-order valence-electron chi connectivity index (χ2n) is 5.83. The molecule has 0 fully saturated rings. The second kappa shape index (κ2) is 8.34. The highest BCUT2D eigenvalue weighted by molar-refractivity contribution is 6.36. The van der Waals surface area contributed by atoms with E-state index in [1.54, 1.807) is 30.1 Å². The molecule has 26 heavy (non-hydrogen) atoms. The molecule has 0 radical (unpaired) electrons. The first-order valence-electron chi connectivity index (χ1n) is 8.09. The predicted molar refractivity (Wildman–Crippen MR) is 101 cm³/mol. The number of halogens is 2. The van der Waals surface area contributed by atoms with Gasteiger partial charge in [-0.2, -0.15) is 4.98 Å². The Balaban J connectivity index is 1.59. The zero-order valence-electron chi connectivity index (χ0n) is 14.2. The molecule has 3 aromatic rings. The molecule has 0 atom stereocenters. The fourth-order valence-corrected chi connectivity index (χ4v) is 3.10. The standard InChI is InChI=1S/C19H17Cl2N3O2/c1-24(18(25)11-10-14-15(20)8-5-9-16(14)21)12-17-22-19(23-26-17)13-6-3-2-4-7-13/h2-9H,10-12H2,1H3. The molecule has 5 nitrogen and oxygen atoms in total. The van der Waals surface area contributed by atoms with Gasteiger partial charge in [-0.3, -0.25) is 4.79 Å². The Morgan fingerprint density at radius 3 is 2.46 bits per heavy atom. The highest BCUT2D eigenvalue weighted by Crippen LogP contribution is 2.25. The van der Waals surface area contributed by atoms with Gasteiger partial charge >= 0.3 is 0 Å². The predicted octanol–water partition coefficient (Wildman–Crippen LogP) is 4.63. The summed E-state index contributed by atoms with van der Waals surface area (Å²) in [4.78, 5) is 18.3. The molecule has 0 aliphatic carbocycles. The van der Waals surface area contributed by atoms with E-state index in [1.807, 2.05) is 30.3 Å². The van der Waals surface area contributed by atoms with Crippen molar-refractivity contribution in [3.05, 3.63) is 70.0 Å². The lowest BCUT2D eigenvalue weighted by atomic mass is 10.1. The average Bonchev–Trinajstić information content (AvgIpc) is 3.10. The van der Waals surface area contributed by atoms with Crippen LogP contribution in [0.15, 0.2) is 53.1 Å². The number of hydrogen-bond donors (Lipinski definition) is 0. The Kier molecular flexibility index (Phi) is 5.91. The number of hydrogen-bond acceptors (Lipinski definition) is 4. The van der Waals surface area contributed by atoms with Crippen molar-refractivity contribution in [2.45, 2.75) is 19.4 Å².